The number of nitrogens with one attached hydrogen (secondary N) is 2. The number of rotatable bonds is 9. The van der Waals surface area contributed by atoms with E-state index in [0.29, 0.717) is 18.1 Å². The summed E-state index contributed by atoms with van der Waals surface area (Å²) >= 11 is 0. The smallest absolute Gasteiger partial charge is 0.259 e. The van der Waals surface area contributed by atoms with Crippen LogP contribution in [0.2, 0.25) is 0 Å². The topological polar surface area (TPSA) is 81.2 Å². The molecule has 0 aromatic heterocycles. The van der Waals surface area contributed by atoms with E-state index in [4.69, 9.17) is 14.2 Å². The molecule has 0 fully saturated rings. The summed E-state index contributed by atoms with van der Waals surface area (Å²) in [5.74, 6) is 1.74. The van der Waals surface area contributed by atoms with Crippen LogP contribution in [0, 0.1) is 0 Å². The van der Waals surface area contributed by atoms with E-state index >= 15 is 0 Å². The third-order valence-electron chi connectivity index (χ3n) is 3.41. The molecule has 2 aromatic rings. The molecule has 0 aliphatic rings. The van der Waals surface area contributed by atoms with Crippen molar-refractivity contribution < 1.29 is 19.0 Å². The predicted molar refractivity (Wildman–Crippen MR) is 101 cm³/mol. The average molecular weight is 357 g/mol. The second kappa shape index (κ2) is 9.93. The molecule has 0 aliphatic heterocycles. The fraction of sp³-hybridized carbons (Fsp3) is 0.263. The Morgan fingerprint density at radius 3 is 2.69 bits per heavy atom. The second-order valence-corrected chi connectivity index (χ2v) is 5.22. The standard InChI is InChI=1S/C19H23N3O4/c1-4-26-17-9-8-14(10-18(17)25-3)12-21-22-19(23)13-20-15-6-5-7-16(11-15)24-2/h5-12,20H,4,13H2,1-3H3,(H,22,23)/b21-12-. The minimum atomic E-state index is -0.262. The summed E-state index contributed by atoms with van der Waals surface area (Å²) in [6, 6.07) is 12.8. The third-order valence-corrected chi connectivity index (χ3v) is 3.41. The van der Waals surface area contributed by atoms with Crippen molar-refractivity contribution in [3.05, 3.63) is 48.0 Å². The van der Waals surface area contributed by atoms with Gasteiger partial charge in [0.2, 0.25) is 0 Å². The first-order valence-electron chi connectivity index (χ1n) is 8.17. The minimum Gasteiger partial charge on any atom is -0.497 e. The van der Waals surface area contributed by atoms with Gasteiger partial charge in [0.25, 0.3) is 5.91 Å². The Bertz CT molecular complexity index is 762. The van der Waals surface area contributed by atoms with Gasteiger partial charge in [-0.25, -0.2) is 5.43 Å². The van der Waals surface area contributed by atoms with Crippen molar-refractivity contribution in [3.8, 4) is 17.2 Å². The molecule has 0 aliphatic carbocycles. The maximum atomic E-state index is 11.9. The second-order valence-electron chi connectivity index (χ2n) is 5.22. The molecule has 0 atom stereocenters. The highest BCUT2D eigenvalue weighted by Gasteiger charge is 2.04. The summed E-state index contributed by atoms with van der Waals surface area (Å²) in [5.41, 5.74) is 4.05. The number of amides is 1. The van der Waals surface area contributed by atoms with E-state index in [-0.39, 0.29) is 12.5 Å². The van der Waals surface area contributed by atoms with Gasteiger partial charge in [-0.05, 0) is 42.8 Å². The Labute approximate surface area is 153 Å². The molecule has 2 N–H and O–H groups in total. The van der Waals surface area contributed by atoms with Crippen molar-refractivity contribution in [1.82, 2.24) is 5.43 Å². The fourth-order valence-electron chi connectivity index (χ4n) is 2.17. The molecule has 2 aromatic carbocycles. The highest BCUT2D eigenvalue weighted by Crippen LogP contribution is 2.27. The summed E-state index contributed by atoms with van der Waals surface area (Å²) in [7, 11) is 3.17. The summed E-state index contributed by atoms with van der Waals surface area (Å²) in [6.45, 7) is 2.56. The van der Waals surface area contributed by atoms with Gasteiger partial charge in [-0.3, -0.25) is 4.79 Å². The Morgan fingerprint density at radius 1 is 1.12 bits per heavy atom. The number of carbonyl (C=O) groups excluding carboxylic acids is 1. The van der Waals surface area contributed by atoms with Crippen molar-refractivity contribution in [2.75, 3.05) is 32.7 Å². The van der Waals surface area contributed by atoms with Crippen LogP contribution >= 0.6 is 0 Å². The SMILES string of the molecule is CCOc1ccc(/C=N\NC(=O)CNc2cccc(OC)c2)cc1OC. The summed E-state index contributed by atoms with van der Waals surface area (Å²) in [6.07, 6.45) is 1.54. The van der Waals surface area contributed by atoms with Crippen molar-refractivity contribution in [2.24, 2.45) is 5.10 Å². The molecule has 138 valence electrons. The first-order valence-corrected chi connectivity index (χ1v) is 8.17. The predicted octanol–water partition coefficient (Wildman–Crippen LogP) is 2.66. The number of hydrogen-bond acceptors (Lipinski definition) is 6. The molecule has 0 heterocycles. The first-order chi connectivity index (χ1) is 12.7. The maximum absolute atomic E-state index is 11.9. The van der Waals surface area contributed by atoms with Gasteiger partial charge < -0.3 is 19.5 Å². The van der Waals surface area contributed by atoms with Crippen LogP contribution in [0.3, 0.4) is 0 Å². The molecule has 0 bridgehead atoms. The number of nitrogens with zero attached hydrogens (tertiary/aromatic N) is 1. The lowest BCUT2D eigenvalue weighted by Crippen LogP contribution is -2.25. The molecule has 0 spiro atoms. The molecule has 7 nitrogen and oxygen atoms in total. The van der Waals surface area contributed by atoms with Gasteiger partial charge in [-0.15, -0.1) is 0 Å². The lowest BCUT2D eigenvalue weighted by atomic mass is 10.2. The van der Waals surface area contributed by atoms with Gasteiger partial charge in [-0.2, -0.15) is 5.10 Å². The Balaban J connectivity index is 1.86. The molecular weight excluding hydrogens is 334 g/mol. The third kappa shape index (κ3) is 5.70. The number of ether oxygens (including phenoxy) is 3. The van der Waals surface area contributed by atoms with Crippen LogP contribution in [-0.4, -0.2) is 39.5 Å². The highest BCUT2D eigenvalue weighted by atomic mass is 16.5. The normalized spacial score (nSPS) is 10.4. The van der Waals surface area contributed by atoms with Gasteiger partial charge >= 0.3 is 0 Å². The van der Waals surface area contributed by atoms with Crippen molar-refractivity contribution >= 4 is 17.8 Å². The lowest BCUT2D eigenvalue weighted by molar-refractivity contribution is -0.119. The van der Waals surface area contributed by atoms with Crippen LogP contribution in [0.15, 0.2) is 47.6 Å². The number of anilines is 1. The zero-order valence-corrected chi connectivity index (χ0v) is 15.1. The van der Waals surface area contributed by atoms with E-state index in [2.05, 4.69) is 15.8 Å². The van der Waals surface area contributed by atoms with Crippen LogP contribution in [-0.2, 0) is 4.79 Å². The molecule has 2 rings (SSSR count). The van der Waals surface area contributed by atoms with Crippen molar-refractivity contribution in [3.63, 3.8) is 0 Å². The molecule has 26 heavy (non-hydrogen) atoms. The number of carbonyl (C=O) groups is 1. The van der Waals surface area contributed by atoms with Gasteiger partial charge in [0.1, 0.15) is 5.75 Å². The van der Waals surface area contributed by atoms with E-state index in [1.165, 1.54) is 0 Å². The summed E-state index contributed by atoms with van der Waals surface area (Å²) in [5, 5.41) is 6.96. The monoisotopic (exact) mass is 357 g/mol. The van der Waals surface area contributed by atoms with Crippen LogP contribution in [0.4, 0.5) is 5.69 Å². The van der Waals surface area contributed by atoms with E-state index in [1.54, 1.807) is 32.6 Å². The van der Waals surface area contributed by atoms with Crippen LogP contribution in [0.1, 0.15) is 12.5 Å². The number of hydrogen-bond donors (Lipinski definition) is 2. The quantitative estimate of drug-likeness (QED) is 0.533. The van der Waals surface area contributed by atoms with Gasteiger partial charge in [0.05, 0.1) is 33.6 Å². The van der Waals surface area contributed by atoms with Gasteiger partial charge in [0.15, 0.2) is 11.5 Å². The zero-order valence-electron chi connectivity index (χ0n) is 15.1. The molecule has 0 saturated heterocycles. The fourth-order valence-corrected chi connectivity index (χ4v) is 2.17. The van der Waals surface area contributed by atoms with E-state index in [0.717, 1.165) is 17.0 Å². The minimum absolute atomic E-state index is 0.0944. The largest absolute Gasteiger partial charge is 0.497 e. The van der Waals surface area contributed by atoms with E-state index in [1.807, 2.05) is 37.3 Å². The Morgan fingerprint density at radius 2 is 1.96 bits per heavy atom. The Kier molecular flexibility index (Phi) is 7.30. The molecule has 1 amide bonds. The number of benzene rings is 2. The summed E-state index contributed by atoms with van der Waals surface area (Å²) in [4.78, 5) is 11.9. The van der Waals surface area contributed by atoms with Gasteiger partial charge in [0, 0.05) is 11.8 Å². The molecular formula is C19H23N3O4. The Hall–Kier alpha value is -3.22. The molecule has 0 unspecified atom stereocenters. The van der Waals surface area contributed by atoms with E-state index in [9.17, 15) is 4.79 Å². The maximum Gasteiger partial charge on any atom is 0.259 e. The first kappa shape index (κ1) is 19.1. The number of hydrazone groups is 1. The van der Waals surface area contributed by atoms with Crippen LogP contribution in [0.5, 0.6) is 17.2 Å². The van der Waals surface area contributed by atoms with Crippen molar-refractivity contribution in [1.29, 1.82) is 0 Å². The summed E-state index contributed by atoms with van der Waals surface area (Å²) < 4.78 is 15.9. The lowest BCUT2D eigenvalue weighted by Gasteiger charge is -2.09. The molecule has 0 radical (unpaired) electrons. The van der Waals surface area contributed by atoms with Gasteiger partial charge in [-0.1, -0.05) is 6.07 Å². The number of methoxy groups -OCH3 is 2. The molecule has 7 heteroatoms. The zero-order chi connectivity index (χ0) is 18.8. The van der Waals surface area contributed by atoms with Crippen LogP contribution in [0.25, 0.3) is 0 Å². The molecule has 0 saturated carbocycles. The van der Waals surface area contributed by atoms with Crippen molar-refractivity contribution in [2.45, 2.75) is 6.92 Å². The highest BCUT2D eigenvalue weighted by molar-refractivity contribution is 5.84. The van der Waals surface area contributed by atoms with Crippen LogP contribution < -0.4 is 25.0 Å². The average Bonchev–Trinajstić information content (AvgIpc) is 2.67. The van der Waals surface area contributed by atoms with E-state index < -0.39 is 0 Å².